The van der Waals surface area contributed by atoms with Gasteiger partial charge in [0.25, 0.3) is 0 Å². The fourth-order valence-corrected chi connectivity index (χ4v) is 1.82. The molecule has 0 aliphatic rings. The molecule has 0 fully saturated rings. The number of hydrogen-bond donors (Lipinski definition) is 2. The first-order valence-electron chi connectivity index (χ1n) is 6.97. The number of methoxy groups -OCH3 is 1. The van der Waals surface area contributed by atoms with Crippen molar-refractivity contribution < 1.29 is 19.4 Å². The Hall–Kier alpha value is -1.79. The topological polar surface area (TPSA) is 85.0 Å². The van der Waals surface area contributed by atoms with Gasteiger partial charge in [-0.3, -0.25) is 4.79 Å². The van der Waals surface area contributed by atoms with E-state index in [4.69, 9.17) is 20.3 Å². The quantitative estimate of drug-likeness (QED) is 0.703. The molecular formula is C15H24N2O4. The van der Waals surface area contributed by atoms with E-state index in [0.717, 1.165) is 12.0 Å². The molecule has 0 unspecified atom stereocenters. The van der Waals surface area contributed by atoms with Gasteiger partial charge in [0.05, 0.1) is 26.7 Å². The second-order valence-electron chi connectivity index (χ2n) is 4.70. The summed E-state index contributed by atoms with van der Waals surface area (Å²) in [5, 5.41) is 9.07. The highest BCUT2D eigenvalue weighted by Crippen LogP contribution is 2.28. The average Bonchev–Trinajstić information content (AvgIpc) is 2.52. The van der Waals surface area contributed by atoms with Gasteiger partial charge in [0.15, 0.2) is 11.5 Å². The predicted molar refractivity (Wildman–Crippen MR) is 80.3 cm³/mol. The molecule has 6 nitrogen and oxygen atoms in total. The summed E-state index contributed by atoms with van der Waals surface area (Å²) < 4.78 is 10.8. The van der Waals surface area contributed by atoms with Gasteiger partial charge in [0, 0.05) is 13.6 Å². The lowest BCUT2D eigenvalue weighted by Gasteiger charge is -2.17. The second-order valence-corrected chi connectivity index (χ2v) is 4.70. The Morgan fingerprint density at radius 3 is 2.76 bits per heavy atom. The Kier molecular flexibility index (Phi) is 7.56. The molecule has 6 heteroatoms. The molecule has 21 heavy (non-hydrogen) atoms. The van der Waals surface area contributed by atoms with E-state index in [1.54, 1.807) is 30.1 Å². The minimum absolute atomic E-state index is 0.0226. The second kappa shape index (κ2) is 9.20. The Morgan fingerprint density at radius 1 is 1.38 bits per heavy atom. The molecule has 0 spiro atoms. The zero-order valence-corrected chi connectivity index (χ0v) is 12.7. The molecular weight excluding hydrogens is 272 g/mol. The van der Waals surface area contributed by atoms with Gasteiger partial charge in [-0.05, 0) is 30.7 Å². The summed E-state index contributed by atoms with van der Waals surface area (Å²) in [6.45, 7) is 1.45. The van der Waals surface area contributed by atoms with Crippen molar-refractivity contribution in [3.63, 3.8) is 0 Å². The molecule has 0 bridgehead atoms. The summed E-state index contributed by atoms with van der Waals surface area (Å²) >= 11 is 0. The van der Waals surface area contributed by atoms with Crippen molar-refractivity contribution in [3.8, 4) is 11.5 Å². The number of ether oxygens (including phenoxy) is 2. The van der Waals surface area contributed by atoms with E-state index < -0.39 is 0 Å². The molecule has 0 radical (unpaired) electrons. The highest BCUT2D eigenvalue weighted by atomic mass is 16.5. The van der Waals surface area contributed by atoms with Crippen molar-refractivity contribution in [1.82, 2.24) is 4.90 Å². The molecule has 0 saturated carbocycles. The van der Waals surface area contributed by atoms with E-state index in [1.807, 2.05) is 0 Å². The average molecular weight is 296 g/mol. The number of aliphatic hydroxyl groups is 1. The van der Waals surface area contributed by atoms with Gasteiger partial charge in [-0.25, -0.2) is 0 Å². The Labute approximate surface area is 125 Å². The summed E-state index contributed by atoms with van der Waals surface area (Å²) in [5.74, 6) is 1.13. The summed E-state index contributed by atoms with van der Waals surface area (Å²) in [5.41, 5.74) is 6.16. The molecule has 0 aliphatic carbocycles. The fourth-order valence-electron chi connectivity index (χ4n) is 1.82. The van der Waals surface area contributed by atoms with E-state index in [0.29, 0.717) is 31.0 Å². The number of carbonyl (C=O) groups is 1. The first-order chi connectivity index (χ1) is 10.1. The first kappa shape index (κ1) is 17.3. The van der Waals surface area contributed by atoms with Crippen LogP contribution in [0.1, 0.15) is 18.4 Å². The molecule has 1 aromatic carbocycles. The molecule has 3 N–H and O–H groups in total. The van der Waals surface area contributed by atoms with Gasteiger partial charge >= 0.3 is 0 Å². The van der Waals surface area contributed by atoms with Gasteiger partial charge < -0.3 is 25.2 Å². The van der Waals surface area contributed by atoms with Crippen LogP contribution in [0.25, 0.3) is 0 Å². The van der Waals surface area contributed by atoms with Crippen LogP contribution in [0.3, 0.4) is 0 Å². The number of aliphatic hydroxyl groups excluding tert-OH is 1. The molecule has 1 rings (SSSR count). The lowest BCUT2D eigenvalue weighted by molar-refractivity contribution is -0.130. The Bertz CT molecular complexity index is 451. The summed E-state index contributed by atoms with van der Waals surface area (Å²) in [6, 6.07) is 5.20. The molecule has 0 heterocycles. The molecule has 0 aliphatic heterocycles. The maximum atomic E-state index is 11.8. The van der Waals surface area contributed by atoms with Gasteiger partial charge in [-0.15, -0.1) is 0 Å². The van der Waals surface area contributed by atoms with Crippen LogP contribution in [0.4, 0.5) is 0 Å². The van der Waals surface area contributed by atoms with Crippen LogP contribution in [-0.2, 0) is 11.4 Å². The number of nitrogens with two attached hydrogens (primary N) is 1. The maximum absolute atomic E-state index is 11.8. The molecule has 0 aromatic heterocycles. The number of amides is 1. The van der Waals surface area contributed by atoms with E-state index in [-0.39, 0.29) is 19.1 Å². The maximum Gasteiger partial charge on any atom is 0.225 e. The van der Waals surface area contributed by atoms with Crippen molar-refractivity contribution >= 4 is 5.91 Å². The lowest BCUT2D eigenvalue weighted by Crippen LogP contribution is -2.30. The van der Waals surface area contributed by atoms with Gasteiger partial charge in [-0.1, -0.05) is 6.07 Å². The van der Waals surface area contributed by atoms with Crippen molar-refractivity contribution in [3.05, 3.63) is 23.8 Å². The van der Waals surface area contributed by atoms with Crippen molar-refractivity contribution in [1.29, 1.82) is 0 Å². The van der Waals surface area contributed by atoms with Crippen LogP contribution in [0, 0.1) is 0 Å². The number of rotatable bonds is 9. The zero-order chi connectivity index (χ0) is 15.7. The minimum Gasteiger partial charge on any atom is -0.493 e. The Morgan fingerprint density at radius 2 is 2.14 bits per heavy atom. The van der Waals surface area contributed by atoms with Crippen LogP contribution in [0.2, 0.25) is 0 Å². The summed E-state index contributed by atoms with van der Waals surface area (Å²) in [7, 11) is 3.30. The smallest absolute Gasteiger partial charge is 0.225 e. The van der Waals surface area contributed by atoms with Crippen molar-refractivity contribution in [2.45, 2.75) is 19.4 Å². The number of benzene rings is 1. The SMILES string of the molecule is COc1cc(CO)ccc1OCCC(=O)N(C)CCCN. The fraction of sp³-hybridized carbons (Fsp3) is 0.533. The van der Waals surface area contributed by atoms with Gasteiger partial charge in [-0.2, -0.15) is 0 Å². The molecule has 1 aromatic rings. The third-order valence-corrected chi connectivity index (χ3v) is 3.11. The minimum atomic E-state index is -0.0545. The standard InChI is InChI=1S/C15H24N2O4/c1-17(8-3-7-16)15(19)6-9-21-13-5-4-12(11-18)10-14(13)20-2/h4-5,10,18H,3,6-9,11,16H2,1-2H3. The third kappa shape index (κ3) is 5.61. The van der Waals surface area contributed by atoms with Crippen molar-refractivity contribution in [2.24, 2.45) is 5.73 Å². The van der Waals surface area contributed by atoms with Crippen LogP contribution < -0.4 is 15.2 Å². The molecule has 118 valence electrons. The van der Waals surface area contributed by atoms with Gasteiger partial charge in [0.1, 0.15) is 0 Å². The van der Waals surface area contributed by atoms with E-state index in [9.17, 15) is 4.79 Å². The first-order valence-corrected chi connectivity index (χ1v) is 6.97. The van der Waals surface area contributed by atoms with Crippen molar-refractivity contribution in [2.75, 3.05) is 33.9 Å². The van der Waals surface area contributed by atoms with E-state index in [1.165, 1.54) is 7.11 Å². The largest absolute Gasteiger partial charge is 0.493 e. The third-order valence-electron chi connectivity index (χ3n) is 3.11. The summed E-state index contributed by atoms with van der Waals surface area (Å²) in [6.07, 6.45) is 1.09. The van der Waals surface area contributed by atoms with Gasteiger partial charge in [0.2, 0.25) is 5.91 Å². The number of nitrogens with zero attached hydrogens (tertiary/aromatic N) is 1. The normalized spacial score (nSPS) is 10.3. The van der Waals surface area contributed by atoms with Crippen LogP contribution in [0.15, 0.2) is 18.2 Å². The highest BCUT2D eigenvalue weighted by molar-refractivity contribution is 5.75. The van der Waals surface area contributed by atoms with Crippen LogP contribution in [-0.4, -0.2) is 49.8 Å². The monoisotopic (exact) mass is 296 g/mol. The highest BCUT2D eigenvalue weighted by Gasteiger charge is 2.10. The molecule has 1 amide bonds. The van der Waals surface area contributed by atoms with Crippen LogP contribution >= 0.6 is 0 Å². The number of hydrogen-bond acceptors (Lipinski definition) is 5. The van der Waals surface area contributed by atoms with E-state index in [2.05, 4.69) is 0 Å². The van der Waals surface area contributed by atoms with E-state index >= 15 is 0 Å². The lowest BCUT2D eigenvalue weighted by atomic mass is 10.2. The zero-order valence-electron chi connectivity index (χ0n) is 12.7. The summed E-state index contributed by atoms with van der Waals surface area (Å²) in [4.78, 5) is 13.5. The number of carbonyl (C=O) groups excluding carboxylic acids is 1. The van der Waals surface area contributed by atoms with Crippen LogP contribution in [0.5, 0.6) is 11.5 Å². The Balaban J connectivity index is 2.46. The molecule has 0 saturated heterocycles. The molecule has 0 atom stereocenters. The predicted octanol–water partition coefficient (Wildman–Crippen LogP) is 0.764.